The Hall–Kier alpha value is -2.67. The third-order valence-corrected chi connectivity index (χ3v) is 4.56. The fraction of sp³-hybridized carbons (Fsp3) is 0.316. The molecule has 6 nitrogen and oxygen atoms in total. The predicted octanol–water partition coefficient (Wildman–Crippen LogP) is 3.06. The smallest absolute Gasteiger partial charge is 0.308 e. The minimum Gasteiger partial charge on any atom is -0.452 e. The number of hydrogen-bond donors (Lipinski definition) is 2. The molecular weight excluding hydrogens is 352 g/mol. The number of rotatable bonds is 7. The van der Waals surface area contributed by atoms with Crippen LogP contribution in [-0.2, 0) is 14.3 Å². The quantitative estimate of drug-likeness (QED) is 0.730. The number of carbonyl (C=O) groups excluding carboxylic acids is 3. The van der Waals surface area contributed by atoms with E-state index in [0.717, 1.165) is 11.1 Å². The van der Waals surface area contributed by atoms with E-state index in [-0.39, 0.29) is 18.9 Å². The number of anilines is 1. The van der Waals surface area contributed by atoms with Gasteiger partial charge in [0.2, 0.25) is 0 Å². The van der Waals surface area contributed by atoms with Crippen molar-refractivity contribution in [2.24, 2.45) is 0 Å². The molecule has 2 amide bonds. The van der Waals surface area contributed by atoms with Crippen LogP contribution in [-0.4, -0.2) is 30.4 Å². The van der Waals surface area contributed by atoms with Gasteiger partial charge < -0.3 is 15.4 Å². The van der Waals surface area contributed by atoms with Crippen molar-refractivity contribution in [2.45, 2.75) is 33.3 Å². The lowest BCUT2D eigenvalue weighted by atomic mass is 10.1. The minimum atomic E-state index is -0.921. The lowest BCUT2D eigenvalue weighted by Gasteiger charge is -2.15. The van der Waals surface area contributed by atoms with E-state index in [1.54, 1.807) is 17.5 Å². The first-order valence-corrected chi connectivity index (χ1v) is 9.14. The molecule has 0 aliphatic rings. The molecule has 2 rings (SSSR count). The van der Waals surface area contributed by atoms with Gasteiger partial charge in [0.05, 0.1) is 11.3 Å². The Kier molecular flexibility index (Phi) is 6.91. The molecule has 0 aliphatic carbocycles. The number of thiophene rings is 1. The van der Waals surface area contributed by atoms with E-state index in [1.165, 1.54) is 18.3 Å². The van der Waals surface area contributed by atoms with Crippen LogP contribution in [0.5, 0.6) is 0 Å². The average molecular weight is 374 g/mol. The van der Waals surface area contributed by atoms with Crippen LogP contribution < -0.4 is 10.6 Å². The second-order valence-corrected chi connectivity index (χ2v) is 6.87. The van der Waals surface area contributed by atoms with Crippen LogP contribution in [0.15, 0.2) is 35.7 Å². The first kappa shape index (κ1) is 19.7. The van der Waals surface area contributed by atoms with Gasteiger partial charge in [-0.1, -0.05) is 18.2 Å². The Balaban J connectivity index is 1.76. The Labute approximate surface area is 156 Å². The van der Waals surface area contributed by atoms with E-state index in [9.17, 15) is 14.4 Å². The molecule has 0 saturated carbocycles. The second-order valence-electron chi connectivity index (χ2n) is 5.92. The van der Waals surface area contributed by atoms with E-state index in [2.05, 4.69) is 10.6 Å². The van der Waals surface area contributed by atoms with Gasteiger partial charge in [-0.2, -0.15) is 0 Å². The lowest BCUT2D eigenvalue weighted by Crippen LogP contribution is -2.32. The van der Waals surface area contributed by atoms with Gasteiger partial charge in [0.25, 0.3) is 11.8 Å². The van der Waals surface area contributed by atoms with E-state index < -0.39 is 18.0 Å². The zero-order valence-electron chi connectivity index (χ0n) is 15.0. The van der Waals surface area contributed by atoms with Crippen LogP contribution in [0.2, 0.25) is 0 Å². The number of esters is 1. The van der Waals surface area contributed by atoms with Crippen LogP contribution >= 0.6 is 11.3 Å². The van der Waals surface area contributed by atoms with Crippen molar-refractivity contribution in [1.29, 1.82) is 0 Å². The molecule has 2 N–H and O–H groups in total. The summed E-state index contributed by atoms with van der Waals surface area (Å²) in [5.41, 5.74) is 2.65. The highest BCUT2D eigenvalue weighted by atomic mass is 32.1. The van der Waals surface area contributed by atoms with Gasteiger partial charge in [-0.3, -0.25) is 14.4 Å². The molecule has 1 atom stereocenters. The number of aryl methyl sites for hydroxylation is 2. The van der Waals surface area contributed by atoms with Crippen molar-refractivity contribution in [2.75, 3.05) is 11.9 Å². The van der Waals surface area contributed by atoms with Gasteiger partial charge in [-0.15, -0.1) is 11.3 Å². The number of ether oxygens (including phenoxy) is 1. The van der Waals surface area contributed by atoms with Crippen LogP contribution in [0.4, 0.5) is 5.69 Å². The summed E-state index contributed by atoms with van der Waals surface area (Å²) < 4.78 is 5.13. The molecule has 0 bridgehead atoms. The van der Waals surface area contributed by atoms with E-state index >= 15 is 0 Å². The number of hydrogen-bond acceptors (Lipinski definition) is 5. The highest BCUT2D eigenvalue weighted by Gasteiger charge is 2.18. The van der Waals surface area contributed by atoms with Crippen LogP contribution in [0.1, 0.15) is 34.1 Å². The fourth-order valence-electron chi connectivity index (χ4n) is 2.19. The summed E-state index contributed by atoms with van der Waals surface area (Å²) in [5, 5.41) is 7.21. The first-order chi connectivity index (χ1) is 12.4. The summed E-state index contributed by atoms with van der Waals surface area (Å²) in [6.45, 7) is 5.49. The van der Waals surface area contributed by atoms with Crippen molar-refractivity contribution >= 4 is 34.8 Å². The highest BCUT2D eigenvalue weighted by molar-refractivity contribution is 7.12. The molecule has 7 heteroatoms. The molecule has 2 aromatic rings. The molecule has 0 saturated heterocycles. The van der Waals surface area contributed by atoms with Gasteiger partial charge >= 0.3 is 5.97 Å². The summed E-state index contributed by atoms with van der Waals surface area (Å²) in [4.78, 5) is 36.4. The largest absolute Gasteiger partial charge is 0.452 e. The fourth-order valence-corrected chi connectivity index (χ4v) is 2.83. The molecule has 138 valence electrons. The lowest BCUT2D eigenvalue weighted by molar-refractivity contribution is -0.153. The summed E-state index contributed by atoms with van der Waals surface area (Å²) in [5.74, 6) is -1.16. The maximum Gasteiger partial charge on any atom is 0.308 e. The van der Waals surface area contributed by atoms with Gasteiger partial charge in [-0.25, -0.2) is 0 Å². The van der Waals surface area contributed by atoms with Gasteiger partial charge in [0.15, 0.2) is 6.10 Å². The Morgan fingerprint density at radius 3 is 2.65 bits per heavy atom. The predicted molar refractivity (Wildman–Crippen MR) is 101 cm³/mol. The molecule has 0 aliphatic heterocycles. The normalized spacial score (nSPS) is 11.5. The molecule has 1 unspecified atom stereocenters. The van der Waals surface area contributed by atoms with Crippen LogP contribution in [0.3, 0.4) is 0 Å². The van der Waals surface area contributed by atoms with Crippen molar-refractivity contribution < 1.29 is 19.1 Å². The standard InChI is InChI=1S/C19H22N2O4S/c1-12-6-7-13(2)15(11-12)21-18(23)14(3)25-17(22)8-9-20-19(24)16-5-4-10-26-16/h4-7,10-11,14H,8-9H2,1-3H3,(H,20,24)(H,21,23). The summed E-state index contributed by atoms with van der Waals surface area (Å²) in [6.07, 6.45) is -0.923. The van der Waals surface area contributed by atoms with Crippen molar-refractivity contribution in [3.05, 3.63) is 51.7 Å². The highest BCUT2D eigenvalue weighted by Crippen LogP contribution is 2.17. The zero-order valence-corrected chi connectivity index (χ0v) is 15.8. The minimum absolute atomic E-state index is 0.00178. The van der Waals surface area contributed by atoms with Crippen molar-refractivity contribution in [3.63, 3.8) is 0 Å². The second kappa shape index (κ2) is 9.15. The molecule has 26 heavy (non-hydrogen) atoms. The zero-order chi connectivity index (χ0) is 19.1. The van der Waals surface area contributed by atoms with E-state index in [1.807, 2.05) is 32.0 Å². The van der Waals surface area contributed by atoms with Crippen molar-refractivity contribution in [1.82, 2.24) is 5.32 Å². The third kappa shape index (κ3) is 5.70. The average Bonchev–Trinajstić information content (AvgIpc) is 3.12. The summed E-state index contributed by atoms with van der Waals surface area (Å²) >= 11 is 1.33. The first-order valence-electron chi connectivity index (χ1n) is 8.26. The monoisotopic (exact) mass is 374 g/mol. The van der Waals surface area contributed by atoms with Crippen LogP contribution in [0, 0.1) is 13.8 Å². The number of nitrogens with one attached hydrogen (secondary N) is 2. The number of benzene rings is 1. The summed E-state index contributed by atoms with van der Waals surface area (Å²) in [6, 6.07) is 9.22. The van der Waals surface area contributed by atoms with Crippen LogP contribution in [0.25, 0.3) is 0 Å². The molecule has 1 aromatic carbocycles. The van der Waals surface area contributed by atoms with Gasteiger partial charge in [0.1, 0.15) is 0 Å². The molecular formula is C19H22N2O4S. The van der Waals surface area contributed by atoms with Gasteiger partial charge in [-0.05, 0) is 49.4 Å². The van der Waals surface area contributed by atoms with Crippen molar-refractivity contribution in [3.8, 4) is 0 Å². The Bertz CT molecular complexity index is 787. The SMILES string of the molecule is Cc1ccc(C)c(NC(=O)C(C)OC(=O)CCNC(=O)c2cccs2)c1. The number of carbonyl (C=O) groups is 3. The van der Waals surface area contributed by atoms with E-state index in [0.29, 0.717) is 10.6 Å². The molecule has 1 aromatic heterocycles. The Morgan fingerprint density at radius 1 is 1.19 bits per heavy atom. The number of amides is 2. The van der Waals surface area contributed by atoms with E-state index in [4.69, 9.17) is 4.74 Å². The molecule has 0 radical (unpaired) electrons. The van der Waals surface area contributed by atoms with Gasteiger partial charge in [0, 0.05) is 12.2 Å². The molecule has 1 heterocycles. The maximum atomic E-state index is 12.2. The molecule has 0 fully saturated rings. The third-order valence-electron chi connectivity index (χ3n) is 3.69. The Morgan fingerprint density at radius 2 is 1.96 bits per heavy atom. The molecule has 0 spiro atoms. The summed E-state index contributed by atoms with van der Waals surface area (Å²) in [7, 11) is 0. The maximum absolute atomic E-state index is 12.2. The topological polar surface area (TPSA) is 84.5 Å².